The van der Waals surface area contributed by atoms with E-state index in [-0.39, 0.29) is 11.8 Å². The lowest BCUT2D eigenvalue weighted by molar-refractivity contribution is -0.150. The largest absolute Gasteiger partial charge is 0.465 e. The molecule has 1 aliphatic heterocycles. The molecule has 1 saturated heterocycles. The average Bonchev–Trinajstić information content (AvgIpc) is 2.63. The Morgan fingerprint density at radius 1 is 1.38 bits per heavy atom. The third kappa shape index (κ3) is 1.73. The van der Waals surface area contributed by atoms with Gasteiger partial charge in [-0.2, -0.15) is 0 Å². The summed E-state index contributed by atoms with van der Waals surface area (Å²) < 4.78 is 4.94. The van der Waals surface area contributed by atoms with Gasteiger partial charge < -0.3 is 4.74 Å². The Labute approximate surface area is 94.4 Å². The van der Waals surface area contributed by atoms with Gasteiger partial charge in [0.25, 0.3) is 0 Å². The monoisotopic (exact) mass is 218 g/mol. The van der Waals surface area contributed by atoms with E-state index < -0.39 is 5.41 Å². The van der Waals surface area contributed by atoms with Crippen LogP contribution in [-0.2, 0) is 20.7 Å². The van der Waals surface area contributed by atoms with Crippen molar-refractivity contribution in [2.24, 2.45) is 5.41 Å². The lowest BCUT2D eigenvalue weighted by atomic mass is 9.77. The predicted octanol–water partition coefficient (Wildman–Crippen LogP) is 1.75. The van der Waals surface area contributed by atoms with Gasteiger partial charge in [0.2, 0.25) is 0 Å². The van der Waals surface area contributed by atoms with Gasteiger partial charge in [-0.3, -0.25) is 9.59 Å². The topological polar surface area (TPSA) is 43.4 Å². The molecule has 84 valence electrons. The molecule has 16 heavy (non-hydrogen) atoms. The molecule has 3 heteroatoms. The number of rotatable bonds is 3. The number of Topliss-reactive ketones (excluding diaryl/α,β-unsaturated/α-hetero) is 1. The van der Waals surface area contributed by atoms with Crippen LogP contribution in [0.4, 0.5) is 0 Å². The molecule has 0 bridgehead atoms. The van der Waals surface area contributed by atoms with Crippen LogP contribution in [0.3, 0.4) is 0 Å². The van der Waals surface area contributed by atoms with E-state index >= 15 is 0 Å². The second-order valence-corrected chi connectivity index (χ2v) is 4.19. The summed E-state index contributed by atoms with van der Waals surface area (Å²) in [5.41, 5.74) is 0.0537. The van der Waals surface area contributed by atoms with Crippen molar-refractivity contribution in [2.75, 3.05) is 6.61 Å². The molecule has 1 unspecified atom stereocenters. The summed E-state index contributed by atoms with van der Waals surface area (Å²) in [6.07, 6.45) is 0.943. The first-order valence-corrected chi connectivity index (χ1v) is 5.37. The second-order valence-electron chi connectivity index (χ2n) is 4.19. The molecule has 0 spiro atoms. The van der Waals surface area contributed by atoms with Gasteiger partial charge in [0.15, 0.2) is 0 Å². The van der Waals surface area contributed by atoms with Gasteiger partial charge in [-0.25, -0.2) is 0 Å². The van der Waals surface area contributed by atoms with Crippen LogP contribution < -0.4 is 0 Å². The Morgan fingerprint density at radius 3 is 2.56 bits per heavy atom. The minimum atomic E-state index is -0.943. The molecule has 1 aliphatic rings. The van der Waals surface area contributed by atoms with E-state index in [1.54, 1.807) is 0 Å². The van der Waals surface area contributed by atoms with E-state index in [2.05, 4.69) is 0 Å². The molecule has 0 radical (unpaired) electrons. The zero-order chi connectivity index (χ0) is 11.6. The second kappa shape index (κ2) is 4.08. The van der Waals surface area contributed by atoms with Crippen molar-refractivity contribution in [3.05, 3.63) is 35.9 Å². The highest BCUT2D eigenvalue weighted by Crippen LogP contribution is 2.34. The number of hydrogen-bond donors (Lipinski definition) is 0. The minimum Gasteiger partial charge on any atom is -0.465 e. The fourth-order valence-corrected chi connectivity index (χ4v) is 2.11. The molecule has 2 rings (SSSR count). The van der Waals surface area contributed by atoms with Crippen LogP contribution in [0.1, 0.15) is 18.9 Å². The molecule has 1 fully saturated rings. The molecule has 0 amide bonds. The lowest BCUT2D eigenvalue weighted by Crippen LogP contribution is -2.36. The molecule has 0 aliphatic carbocycles. The third-order valence-corrected chi connectivity index (χ3v) is 3.18. The Hall–Kier alpha value is -1.64. The van der Waals surface area contributed by atoms with E-state index in [1.807, 2.05) is 30.3 Å². The summed E-state index contributed by atoms with van der Waals surface area (Å²) in [4.78, 5) is 23.4. The van der Waals surface area contributed by atoms with E-state index in [9.17, 15) is 9.59 Å². The number of hydrogen-bond acceptors (Lipinski definition) is 3. The van der Waals surface area contributed by atoms with Gasteiger partial charge in [0.05, 0.1) is 6.61 Å². The molecular formula is C13H14O3. The van der Waals surface area contributed by atoms with Gasteiger partial charge in [-0.05, 0) is 18.9 Å². The highest BCUT2D eigenvalue weighted by molar-refractivity contribution is 6.04. The van der Waals surface area contributed by atoms with Crippen molar-refractivity contribution in [1.82, 2.24) is 0 Å². The highest BCUT2D eigenvalue weighted by Gasteiger charge is 2.48. The maximum absolute atomic E-state index is 11.7. The Kier molecular flexibility index (Phi) is 2.77. The normalized spacial score (nSPS) is 24.2. The van der Waals surface area contributed by atoms with Crippen molar-refractivity contribution in [1.29, 1.82) is 0 Å². The standard InChI is InChI=1S/C13H14O3/c1-10(14)13(7-8-16-12(13)15)9-11-5-3-2-4-6-11/h2-6H,7-9H2,1H3. The van der Waals surface area contributed by atoms with Gasteiger partial charge in [-0.15, -0.1) is 0 Å². The summed E-state index contributed by atoms with van der Waals surface area (Å²) in [7, 11) is 0. The van der Waals surface area contributed by atoms with Gasteiger partial charge in [-0.1, -0.05) is 30.3 Å². The molecule has 0 N–H and O–H groups in total. The molecular weight excluding hydrogens is 204 g/mol. The van der Waals surface area contributed by atoms with Crippen molar-refractivity contribution in [2.45, 2.75) is 19.8 Å². The van der Waals surface area contributed by atoms with E-state index in [0.717, 1.165) is 5.56 Å². The average molecular weight is 218 g/mol. The summed E-state index contributed by atoms with van der Waals surface area (Å²) in [6, 6.07) is 9.58. The van der Waals surface area contributed by atoms with Crippen LogP contribution in [0.25, 0.3) is 0 Å². The number of ketones is 1. The number of carbonyl (C=O) groups is 2. The zero-order valence-electron chi connectivity index (χ0n) is 9.23. The smallest absolute Gasteiger partial charge is 0.320 e. The van der Waals surface area contributed by atoms with E-state index in [1.165, 1.54) is 6.92 Å². The molecule has 3 nitrogen and oxygen atoms in total. The Bertz CT molecular complexity index is 410. The van der Waals surface area contributed by atoms with Crippen molar-refractivity contribution >= 4 is 11.8 Å². The van der Waals surface area contributed by atoms with Crippen molar-refractivity contribution in [3.63, 3.8) is 0 Å². The first-order valence-electron chi connectivity index (χ1n) is 5.37. The van der Waals surface area contributed by atoms with Gasteiger partial charge in [0, 0.05) is 6.42 Å². The van der Waals surface area contributed by atoms with Gasteiger partial charge >= 0.3 is 5.97 Å². The summed E-state index contributed by atoms with van der Waals surface area (Å²) >= 11 is 0. The molecule has 1 aromatic carbocycles. The molecule has 1 atom stereocenters. The summed E-state index contributed by atoms with van der Waals surface area (Å²) in [5, 5.41) is 0. The fourth-order valence-electron chi connectivity index (χ4n) is 2.11. The SMILES string of the molecule is CC(=O)C1(Cc2ccccc2)CCOC1=O. The molecule has 1 aromatic rings. The maximum Gasteiger partial charge on any atom is 0.320 e. The number of carbonyl (C=O) groups excluding carboxylic acids is 2. The van der Waals surface area contributed by atoms with Crippen LogP contribution >= 0.6 is 0 Å². The van der Waals surface area contributed by atoms with Crippen LogP contribution in [0.15, 0.2) is 30.3 Å². The minimum absolute atomic E-state index is 0.0983. The van der Waals surface area contributed by atoms with Crippen LogP contribution in [-0.4, -0.2) is 18.4 Å². The van der Waals surface area contributed by atoms with Crippen molar-refractivity contribution in [3.8, 4) is 0 Å². The fraction of sp³-hybridized carbons (Fsp3) is 0.385. The lowest BCUT2D eigenvalue weighted by Gasteiger charge is -2.21. The first kappa shape index (κ1) is 10.9. The van der Waals surface area contributed by atoms with E-state index in [0.29, 0.717) is 19.4 Å². The molecule has 0 aromatic heterocycles. The third-order valence-electron chi connectivity index (χ3n) is 3.18. The van der Waals surface area contributed by atoms with Crippen LogP contribution in [0.5, 0.6) is 0 Å². The first-order chi connectivity index (χ1) is 7.65. The van der Waals surface area contributed by atoms with Crippen molar-refractivity contribution < 1.29 is 14.3 Å². The van der Waals surface area contributed by atoms with Crippen LogP contribution in [0, 0.1) is 5.41 Å². The maximum atomic E-state index is 11.7. The van der Waals surface area contributed by atoms with Gasteiger partial charge in [0.1, 0.15) is 11.2 Å². The number of cyclic esters (lactones) is 1. The Morgan fingerprint density at radius 2 is 2.06 bits per heavy atom. The van der Waals surface area contributed by atoms with Crippen LogP contribution in [0.2, 0.25) is 0 Å². The predicted molar refractivity (Wildman–Crippen MR) is 58.8 cm³/mol. The zero-order valence-corrected chi connectivity index (χ0v) is 9.23. The molecule has 1 heterocycles. The Balaban J connectivity index is 2.29. The number of ether oxygens (including phenoxy) is 1. The quantitative estimate of drug-likeness (QED) is 0.573. The highest BCUT2D eigenvalue weighted by atomic mass is 16.5. The summed E-state index contributed by atoms with van der Waals surface area (Å²) in [5.74, 6) is -0.470. The van der Waals surface area contributed by atoms with E-state index in [4.69, 9.17) is 4.74 Å². The molecule has 0 saturated carbocycles. The summed E-state index contributed by atoms with van der Waals surface area (Å²) in [6.45, 7) is 1.82. The number of benzene rings is 1. The number of esters is 1.